The zero-order valence-electron chi connectivity index (χ0n) is 14.1. The summed E-state index contributed by atoms with van der Waals surface area (Å²) in [6, 6.07) is 13.7. The molecule has 0 amide bonds. The molecule has 6 heteroatoms. The highest BCUT2D eigenvalue weighted by atomic mass is 15.2. The molecule has 25 heavy (non-hydrogen) atoms. The molecule has 0 atom stereocenters. The molecule has 0 bridgehead atoms. The number of hydrogen-bond donors (Lipinski definition) is 2. The highest BCUT2D eigenvalue weighted by Crippen LogP contribution is 2.34. The first-order valence-corrected chi connectivity index (χ1v) is 8.47. The highest BCUT2D eigenvalue weighted by Gasteiger charge is 2.32. The summed E-state index contributed by atoms with van der Waals surface area (Å²) in [7, 11) is 0. The maximum absolute atomic E-state index is 4.63. The fraction of sp³-hybridized carbons (Fsp3) is 0.263. The van der Waals surface area contributed by atoms with Crippen LogP contribution in [0.15, 0.2) is 54.9 Å². The summed E-state index contributed by atoms with van der Waals surface area (Å²) >= 11 is 0. The third-order valence-electron chi connectivity index (χ3n) is 4.47. The monoisotopic (exact) mass is 332 g/mol. The van der Waals surface area contributed by atoms with E-state index in [1.165, 1.54) is 6.42 Å². The third kappa shape index (κ3) is 3.57. The van der Waals surface area contributed by atoms with Gasteiger partial charge in [0, 0.05) is 29.2 Å². The minimum atomic E-state index is 0.0727. The van der Waals surface area contributed by atoms with Crippen molar-refractivity contribution in [2.45, 2.75) is 31.7 Å². The molecule has 1 aliphatic rings. The first-order valence-electron chi connectivity index (χ1n) is 8.47. The molecule has 1 aromatic carbocycles. The van der Waals surface area contributed by atoms with Crippen molar-refractivity contribution in [1.29, 1.82) is 0 Å². The molecule has 1 aliphatic carbocycles. The van der Waals surface area contributed by atoms with Gasteiger partial charge >= 0.3 is 0 Å². The molecule has 4 rings (SSSR count). The summed E-state index contributed by atoms with van der Waals surface area (Å²) in [6.07, 6.45) is 6.97. The van der Waals surface area contributed by atoms with E-state index >= 15 is 0 Å². The van der Waals surface area contributed by atoms with Crippen LogP contribution < -0.4 is 10.6 Å². The van der Waals surface area contributed by atoms with Gasteiger partial charge < -0.3 is 10.6 Å². The Balaban J connectivity index is 1.69. The zero-order valence-corrected chi connectivity index (χ0v) is 14.1. The van der Waals surface area contributed by atoms with Gasteiger partial charge in [-0.25, -0.2) is 0 Å². The lowest BCUT2D eigenvalue weighted by Crippen LogP contribution is -2.42. The van der Waals surface area contributed by atoms with Crippen LogP contribution in [0, 0.1) is 0 Å². The van der Waals surface area contributed by atoms with E-state index < -0.39 is 0 Å². The van der Waals surface area contributed by atoms with Crippen molar-refractivity contribution in [2.75, 3.05) is 10.6 Å². The van der Waals surface area contributed by atoms with E-state index in [9.17, 15) is 0 Å². The number of rotatable bonds is 5. The molecule has 2 N–H and O–H groups in total. The lowest BCUT2D eigenvalue weighted by molar-refractivity contribution is 0.305. The number of pyridine rings is 1. The van der Waals surface area contributed by atoms with E-state index in [1.807, 2.05) is 42.5 Å². The Morgan fingerprint density at radius 1 is 0.880 bits per heavy atom. The average molecular weight is 332 g/mol. The average Bonchev–Trinajstić information content (AvgIpc) is 2.62. The summed E-state index contributed by atoms with van der Waals surface area (Å²) < 4.78 is 0. The Morgan fingerprint density at radius 2 is 1.60 bits per heavy atom. The maximum Gasteiger partial charge on any atom is 0.232 e. The smallest absolute Gasteiger partial charge is 0.232 e. The van der Waals surface area contributed by atoms with E-state index in [1.54, 1.807) is 12.4 Å². The van der Waals surface area contributed by atoms with Crippen molar-refractivity contribution in [1.82, 2.24) is 19.9 Å². The fourth-order valence-electron chi connectivity index (χ4n) is 2.87. The Kier molecular flexibility index (Phi) is 4.01. The lowest BCUT2D eigenvalue weighted by Gasteiger charge is -2.39. The molecule has 0 saturated heterocycles. The molecule has 0 spiro atoms. The van der Waals surface area contributed by atoms with Gasteiger partial charge in [-0.05, 0) is 38.3 Å². The molecule has 2 heterocycles. The van der Waals surface area contributed by atoms with Crippen LogP contribution in [-0.4, -0.2) is 25.5 Å². The van der Waals surface area contributed by atoms with Crippen molar-refractivity contribution in [3.05, 3.63) is 54.9 Å². The van der Waals surface area contributed by atoms with Gasteiger partial charge in [-0.1, -0.05) is 30.3 Å². The van der Waals surface area contributed by atoms with Crippen LogP contribution in [0.25, 0.3) is 11.4 Å². The summed E-state index contributed by atoms with van der Waals surface area (Å²) in [5, 5.41) is 6.71. The predicted octanol–water partition coefficient (Wildman–Crippen LogP) is 4.03. The molecule has 6 nitrogen and oxygen atoms in total. The minimum Gasteiger partial charge on any atom is -0.349 e. The lowest BCUT2D eigenvalue weighted by atomic mass is 9.79. The zero-order chi connectivity index (χ0) is 17.1. The molecule has 0 aliphatic heterocycles. The summed E-state index contributed by atoms with van der Waals surface area (Å²) in [6.45, 7) is 2.21. The van der Waals surface area contributed by atoms with Gasteiger partial charge in [-0.3, -0.25) is 4.98 Å². The van der Waals surface area contributed by atoms with Crippen molar-refractivity contribution in [3.8, 4) is 11.4 Å². The van der Waals surface area contributed by atoms with E-state index in [0.29, 0.717) is 17.7 Å². The standard InChI is InChI=1S/C19H20N6/c1-19(10-5-11-19)25-18-23-16(14-6-3-2-4-7-14)22-17(24-18)21-15-8-12-20-13-9-15/h2-4,6-9,12-13H,5,10-11H2,1H3,(H2,20,21,22,23,24,25). The molecular formula is C19H20N6. The third-order valence-corrected chi connectivity index (χ3v) is 4.47. The Morgan fingerprint density at radius 3 is 2.28 bits per heavy atom. The van der Waals surface area contributed by atoms with E-state index in [4.69, 9.17) is 0 Å². The number of nitrogens with zero attached hydrogens (tertiary/aromatic N) is 4. The number of aromatic nitrogens is 4. The predicted molar refractivity (Wildman–Crippen MR) is 98.7 cm³/mol. The van der Waals surface area contributed by atoms with Crippen molar-refractivity contribution in [3.63, 3.8) is 0 Å². The summed E-state index contributed by atoms with van der Waals surface area (Å²) in [4.78, 5) is 17.8. The van der Waals surface area contributed by atoms with Crippen LogP contribution in [-0.2, 0) is 0 Å². The van der Waals surface area contributed by atoms with Gasteiger partial charge in [0.05, 0.1) is 0 Å². The van der Waals surface area contributed by atoms with Crippen LogP contribution in [0.2, 0.25) is 0 Å². The molecular weight excluding hydrogens is 312 g/mol. The second-order valence-corrected chi connectivity index (χ2v) is 6.57. The van der Waals surface area contributed by atoms with Crippen molar-refractivity contribution in [2.24, 2.45) is 0 Å². The van der Waals surface area contributed by atoms with Gasteiger partial charge in [-0.2, -0.15) is 15.0 Å². The van der Waals surface area contributed by atoms with E-state index in [-0.39, 0.29) is 5.54 Å². The van der Waals surface area contributed by atoms with Crippen LogP contribution >= 0.6 is 0 Å². The molecule has 1 fully saturated rings. The Hall–Kier alpha value is -3.02. The van der Waals surface area contributed by atoms with Crippen LogP contribution in [0.5, 0.6) is 0 Å². The van der Waals surface area contributed by atoms with Crippen LogP contribution in [0.1, 0.15) is 26.2 Å². The minimum absolute atomic E-state index is 0.0727. The second kappa shape index (κ2) is 6.47. The number of nitrogens with one attached hydrogen (secondary N) is 2. The molecule has 0 radical (unpaired) electrons. The number of anilines is 3. The molecule has 0 unspecified atom stereocenters. The van der Waals surface area contributed by atoms with Crippen molar-refractivity contribution >= 4 is 17.6 Å². The number of benzene rings is 1. The Labute approximate surface area is 146 Å². The number of hydrogen-bond acceptors (Lipinski definition) is 6. The highest BCUT2D eigenvalue weighted by molar-refractivity contribution is 5.60. The quantitative estimate of drug-likeness (QED) is 0.734. The Bertz CT molecular complexity index is 846. The molecule has 1 saturated carbocycles. The van der Waals surface area contributed by atoms with Gasteiger partial charge in [0.1, 0.15) is 0 Å². The van der Waals surface area contributed by atoms with Gasteiger partial charge in [0.15, 0.2) is 5.82 Å². The SMILES string of the molecule is CC1(Nc2nc(Nc3ccncc3)nc(-c3ccccc3)n2)CCC1. The van der Waals surface area contributed by atoms with Crippen LogP contribution in [0.4, 0.5) is 17.6 Å². The fourth-order valence-corrected chi connectivity index (χ4v) is 2.87. The van der Waals surface area contributed by atoms with E-state index in [2.05, 4.69) is 37.5 Å². The molecule has 126 valence electrons. The van der Waals surface area contributed by atoms with Crippen LogP contribution in [0.3, 0.4) is 0 Å². The molecule has 2 aromatic heterocycles. The first-order chi connectivity index (χ1) is 12.2. The molecule has 3 aromatic rings. The first kappa shape index (κ1) is 15.5. The summed E-state index contributed by atoms with van der Waals surface area (Å²) in [5.41, 5.74) is 1.92. The topological polar surface area (TPSA) is 75.6 Å². The normalized spacial score (nSPS) is 15.2. The van der Waals surface area contributed by atoms with Crippen molar-refractivity contribution < 1.29 is 0 Å². The van der Waals surface area contributed by atoms with Gasteiger partial charge in [-0.15, -0.1) is 0 Å². The van der Waals surface area contributed by atoms with E-state index in [0.717, 1.165) is 24.1 Å². The second-order valence-electron chi connectivity index (χ2n) is 6.57. The maximum atomic E-state index is 4.63. The van der Waals surface area contributed by atoms with Gasteiger partial charge in [0.25, 0.3) is 0 Å². The van der Waals surface area contributed by atoms with Gasteiger partial charge in [0.2, 0.25) is 11.9 Å². The largest absolute Gasteiger partial charge is 0.349 e. The summed E-state index contributed by atoms with van der Waals surface area (Å²) in [5.74, 6) is 1.77.